The number of benzene rings is 2. The van der Waals surface area contributed by atoms with Gasteiger partial charge in [0.05, 0.1) is 11.7 Å². The molecule has 2 N–H and O–H groups in total. The Hall–Kier alpha value is -3.10. The van der Waals surface area contributed by atoms with Crippen LogP contribution in [0.15, 0.2) is 47.4 Å². The van der Waals surface area contributed by atoms with Gasteiger partial charge in [-0.1, -0.05) is 24.3 Å². The van der Waals surface area contributed by atoms with Gasteiger partial charge in [-0.05, 0) is 107 Å². The zero-order chi connectivity index (χ0) is 27.3. The van der Waals surface area contributed by atoms with E-state index in [0.717, 1.165) is 45.7 Å². The van der Waals surface area contributed by atoms with Gasteiger partial charge in [0.2, 0.25) is 11.8 Å². The van der Waals surface area contributed by atoms with Crippen LogP contribution < -0.4 is 14.8 Å². The van der Waals surface area contributed by atoms with Crippen molar-refractivity contribution >= 4 is 23.8 Å². The SMILES string of the molecule is CNC1CC2(C1)CC(N1C(=O)c3cccc(c3)SNc3nc(c(C)c(-c4c(C)cccc4C)n3)OCC1C)C2. The van der Waals surface area contributed by atoms with Crippen LogP contribution in [0.2, 0.25) is 0 Å². The Morgan fingerprint density at radius 3 is 2.49 bits per heavy atom. The zero-order valence-electron chi connectivity index (χ0n) is 23.4. The molecule has 3 aromatic rings. The summed E-state index contributed by atoms with van der Waals surface area (Å²) >= 11 is 1.41. The fraction of sp³-hybridized carbons (Fsp3) is 0.452. The molecule has 39 heavy (non-hydrogen) atoms. The van der Waals surface area contributed by atoms with E-state index >= 15 is 0 Å². The third-order valence-corrected chi connectivity index (χ3v) is 9.60. The zero-order valence-corrected chi connectivity index (χ0v) is 24.2. The normalized spacial score (nSPS) is 26.3. The summed E-state index contributed by atoms with van der Waals surface area (Å²) in [6, 6.07) is 14.9. The summed E-state index contributed by atoms with van der Waals surface area (Å²) in [4.78, 5) is 26.7. The average molecular weight is 544 g/mol. The predicted octanol–water partition coefficient (Wildman–Crippen LogP) is 5.94. The number of carbonyl (C=O) groups excluding carboxylic acids is 1. The summed E-state index contributed by atoms with van der Waals surface area (Å²) in [5.74, 6) is 1.11. The van der Waals surface area contributed by atoms with Crippen molar-refractivity contribution in [3.05, 3.63) is 64.7 Å². The first kappa shape index (κ1) is 26.1. The van der Waals surface area contributed by atoms with Crippen molar-refractivity contribution in [3.8, 4) is 17.1 Å². The van der Waals surface area contributed by atoms with Crippen molar-refractivity contribution in [2.45, 2.75) is 76.4 Å². The topological polar surface area (TPSA) is 79.4 Å². The molecule has 1 aliphatic heterocycles. The first-order valence-corrected chi connectivity index (χ1v) is 14.7. The Kier molecular flexibility index (Phi) is 6.79. The lowest BCUT2D eigenvalue weighted by Crippen LogP contribution is -2.63. The van der Waals surface area contributed by atoms with Gasteiger partial charge >= 0.3 is 0 Å². The van der Waals surface area contributed by atoms with Crippen molar-refractivity contribution in [2.75, 3.05) is 18.4 Å². The van der Waals surface area contributed by atoms with Gasteiger partial charge < -0.3 is 15.0 Å². The molecule has 8 heteroatoms. The number of ether oxygens (including phenoxy) is 1. The number of anilines is 1. The van der Waals surface area contributed by atoms with Crippen LogP contribution in [0.3, 0.4) is 0 Å². The van der Waals surface area contributed by atoms with Crippen LogP contribution >= 0.6 is 11.9 Å². The standard InChI is InChI=1S/C31H37N5O2S/c1-18-8-6-9-19(2)26(18)27-21(4)28-34-30(33-27)35-39-25-11-7-10-22(12-25)29(37)36(20(3)17-38-28)24-15-31(16-24)13-23(14-31)32-5/h6-12,20,23-24,32H,13-17H2,1-5H3,(H,33,34,35). The number of hydrogen-bond donors (Lipinski definition) is 2. The minimum Gasteiger partial charge on any atom is -0.475 e. The molecular weight excluding hydrogens is 506 g/mol. The number of nitrogens with one attached hydrogen (secondary N) is 2. The van der Waals surface area contributed by atoms with Gasteiger partial charge in [0.25, 0.3) is 5.91 Å². The van der Waals surface area contributed by atoms with Crippen molar-refractivity contribution in [1.29, 1.82) is 0 Å². The van der Waals surface area contributed by atoms with Crippen molar-refractivity contribution in [1.82, 2.24) is 20.2 Å². The monoisotopic (exact) mass is 543 g/mol. The lowest BCUT2D eigenvalue weighted by Gasteiger charge is -2.60. The van der Waals surface area contributed by atoms with Crippen LogP contribution in [-0.2, 0) is 0 Å². The molecule has 1 unspecified atom stereocenters. The molecule has 2 aliphatic carbocycles. The molecule has 204 valence electrons. The van der Waals surface area contributed by atoms with Gasteiger partial charge in [-0.15, -0.1) is 0 Å². The third kappa shape index (κ3) is 4.78. The van der Waals surface area contributed by atoms with Crippen LogP contribution in [0.25, 0.3) is 11.3 Å². The number of carbonyl (C=O) groups is 1. The number of fused-ring (bicyclic) bond motifs is 4. The van der Waals surface area contributed by atoms with E-state index in [4.69, 9.17) is 14.7 Å². The molecule has 2 saturated carbocycles. The van der Waals surface area contributed by atoms with Gasteiger partial charge in [-0.2, -0.15) is 4.98 Å². The second-order valence-electron chi connectivity index (χ2n) is 11.7. The Bertz CT molecular complexity index is 1390. The van der Waals surface area contributed by atoms with E-state index in [2.05, 4.69) is 53.9 Å². The Labute approximate surface area is 235 Å². The fourth-order valence-corrected chi connectivity index (χ4v) is 7.36. The number of nitrogens with zero attached hydrogens (tertiary/aromatic N) is 3. The maximum absolute atomic E-state index is 14.0. The molecule has 2 heterocycles. The molecule has 2 aromatic carbocycles. The highest BCUT2D eigenvalue weighted by Crippen LogP contribution is 2.57. The third-order valence-electron chi connectivity index (χ3n) is 8.83. The highest BCUT2D eigenvalue weighted by atomic mass is 32.2. The molecule has 6 rings (SSSR count). The maximum atomic E-state index is 14.0. The van der Waals surface area contributed by atoms with Crippen LogP contribution in [0.5, 0.6) is 5.88 Å². The first-order chi connectivity index (χ1) is 18.8. The highest BCUT2D eigenvalue weighted by Gasteiger charge is 2.55. The van der Waals surface area contributed by atoms with E-state index in [1.165, 1.54) is 24.8 Å². The summed E-state index contributed by atoms with van der Waals surface area (Å²) in [6.45, 7) is 8.70. The van der Waals surface area contributed by atoms with E-state index in [1.807, 2.05) is 38.2 Å². The number of aryl methyl sites for hydroxylation is 2. The van der Waals surface area contributed by atoms with E-state index in [1.54, 1.807) is 0 Å². The molecule has 0 saturated heterocycles. The Morgan fingerprint density at radius 2 is 1.77 bits per heavy atom. The quantitative estimate of drug-likeness (QED) is 0.396. The Morgan fingerprint density at radius 1 is 1.05 bits per heavy atom. The fourth-order valence-electron chi connectivity index (χ4n) is 6.73. The minimum atomic E-state index is -0.105. The molecule has 1 amide bonds. The number of aromatic nitrogens is 2. The number of rotatable bonds is 3. The van der Waals surface area contributed by atoms with Gasteiger partial charge in [0.1, 0.15) is 6.61 Å². The summed E-state index contributed by atoms with van der Waals surface area (Å²) in [7, 11) is 2.04. The van der Waals surface area contributed by atoms with Gasteiger partial charge in [0.15, 0.2) is 0 Å². The van der Waals surface area contributed by atoms with Crippen LogP contribution in [0, 0.1) is 26.2 Å². The predicted molar refractivity (Wildman–Crippen MR) is 156 cm³/mol. The van der Waals surface area contributed by atoms with Gasteiger partial charge in [0, 0.05) is 33.7 Å². The Balaban J connectivity index is 1.36. The summed E-state index contributed by atoms with van der Waals surface area (Å²) in [6.07, 6.45) is 4.53. The van der Waals surface area contributed by atoms with E-state index < -0.39 is 0 Å². The van der Waals surface area contributed by atoms with Gasteiger partial charge in [-0.3, -0.25) is 9.52 Å². The van der Waals surface area contributed by atoms with Crippen molar-refractivity contribution in [3.63, 3.8) is 0 Å². The van der Waals surface area contributed by atoms with Crippen molar-refractivity contribution in [2.24, 2.45) is 5.41 Å². The maximum Gasteiger partial charge on any atom is 0.254 e. The minimum absolute atomic E-state index is 0.0721. The van der Waals surface area contributed by atoms with Crippen LogP contribution in [0.1, 0.15) is 59.7 Å². The molecule has 7 nitrogen and oxygen atoms in total. The summed E-state index contributed by atoms with van der Waals surface area (Å²) in [5, 5.41) is 3.40. The van der Waals surface area contributed by atoms with Crippen LogP contribution in [0.4, 0.5) is 5.95 Å². The first-order valence-electron chi connectivity index (χ1n) is 13.9. The van der Waals surface area contributed by atoms with Crippen LogP contribution in [-0.4, -0.2) is 52.6 Å². The van der Waals surface area contributed by atoms with E-state index in [-0.39, 0.29) is 18.0 Å². The molecule has 1 aromatic heterocycles. The second kappa shape index (κ2) is 10.1. The second-order valence-corrected chi connectivity index (χ2v) is 12.5. The highest BCUT2D eigenvalue weighted by molar-refractivity contribution is 8.00. The van der Waals surface area contributed by atoms with E-state index in [9.17, 15) is 4.79 Å². The molecule has 3 aliphatic rings. The smallest absolute Gasteiger partial charge is 0.254 e. The summed E-state index contributed by atoms with van der Waals surface area (Å²) < 4.78 is 9.73. The van der Waals surface area contributed by atoms with Gasteiger partial charge in [-0.25, -0.2) is 4.98 Å². The number of amides is 1. The van der Waals surface area contributed by atoms with E-state index in [0.29, 0.717) is 35.5 Å². The molecule has 1 spiro atoms. The average Bonchev–Trinajstić information content (AvgIpc) is 2.88. The molecule has 0 radical (unpaired) electrons. The molecule has 2 fully saturated rings. The summed E-state index contributed by atoms with van der Waals surface area (Å²) in [5.41, 5.74) is 6.29. The van der Waals surface area contributed by atoms with Crippen molar-refractivity contribution < 1.29 is 9.53 Å². The molecular formula is C31H37N5O2S. The lowest BCUT2D eigenvalue weighted by atomic mass is 9.51. The molecule has 4 bridgehead atoms. The molecule has 1 atom stereocenters. The number of hydrogen-bond acceptors (Lipinski definition) is 7. The largest absolute Gasteiger partial charge is 0.475 e. The lowest BCUT2D eigenvalue weighted by molar-refractivity contribution is -0.0737.